The number of primary amides is 1. The molecule has 0 spiro atoms. The molecule has 13 heteroatoms. The zero-order chi connectivity index (χ0) is 28.4. The number of phenolic OH excluding ortho intramolecular Hbond substituents is 1. The monoisotopic (exact) mass is 530 g/mol. The molecule has 0 unspecified atom stereocenters. The maximum absolute atomic E-state index is 13.8. The quantitative estimate of drug-likeness (QED) is 0.167. The summed E-state index contributed by atoms with van der Waals surface area (Å²) in [6, 6.07) is 1.66. The average molecular weight is 531 g/mol. The number of hydrogen-bond acceptors (Lipinski definition) is 11. The second-order valence-corrected chi connectivity index (χ2v) is 10.0. The van der Waals surface area contributed by atoms with Crippen LogP contribution in [0, 0.1) is 11.8 Å². The van der Waals surface area contributed by atoms with E-state index in [0.717, 1.165) is 0 Å². The first kappa shape index (κ1) is 27.1. The molecule has 204 valence electrons. The van der Waals surface area contributed by atoms with Gasteiger partial charge in [0, 0.05) is 18.5 Å². The van der Waals surface area contributed by atoms with Gasteiger partial charge in [-0.1, -0.05) is 13.0 Å². The highest BCUT2D eigenvalue weighted by Crippen LogP contribution is 2.55. The summed E-state index contributed by atoms with van der Waals surface area (Å²) >= 11 is 0. The van der Waals surface area contributed by atoms with Crippen LogP contribution in [-0.4, -0.2) is 99.2 Å². The molecular weight excluding hydrogens is 500 g/mol. The first-order valence-corrected chi connectivity index (χ1v) is 11.8. The minimum absolute atomic E-state index is 0.0460. The topological polar surface area (TPSA) is 223 Å². The fraction of sp³-hybridized carbons (Fsp3) is 0.440. The van der Waals surface area contributed by atoms with Crippen LogP contribution in [0.3, 0.4) is 0 Å². The number of nitrogens with one attached hydrogen (secondary N) is 2. The Bertz CT molecular complexity index is 1330. The number of anilines is 1. The van der Waals surface area contributed by atoms with Crippen molar-refractivity contribution >= 4 is 29.1 Å². The number of carbonyl (C=O) groups excluding carboxylic acids is 4. The van der Waals surface area contributed by atoms with Gasteiger partial charge in [-0.3, -0.25) is 24.1 Å². The number of likely N-dealkylation sites (N-methyl/N-ethyl adjacent to an activating group) is 2. The van der Waals surface area contributed by atoms with Crippen molar-refractivity contribution in [3.8, 4) is 5.75 Å². The molecule has 0 saturated heterocycles. The second kappa shape index (κ2) is 9.11. The van der Waals surface area contributed by atoms with Gasteiger partial charge in [-0.2, -0.15) is 0 Å². The van der Waals surface area contributed by atoms with Crippen LogP contribution in [0.1, 0.15) is 28.8 Å². The number of amides is 2. The Labute approximate surface area is 217 Å². The maximum atomic E-state index is 13.8. The molecule has 0 fully saturated rings. The molecule has 0 bridgehead atoms. The van der Waals surface area contributed by atoms with Gasteiger partial charge in [0.05, 0.1) is 35.9 Å². The lowest BCUT2D eigenvalue weighted by atomic mass is 9.55. The first-order chi connectivity index (χ1) is 17.7. The van der Waals surface area contributed by atoms with Crippen molar-refractivity contribution in [1.82, 2.24) is 10.2 Å². The summed E-state index contributed by atoms with van der Waals surface area (Å²) in [6.07, 6.45) is -1.67. The Kier molecular flexibility index (Phi) is 6.50. The van der Waals surface area contributed by atoms with Gasteiger partial charge in [-0.15, -0.1) is 0 Å². The van der Waals surface area contributed by atoms with Crippen LogP contribution < -0.4 is 16.4 Å². The fourth-order valence-electron chi connectivity index (χ4n) is 6.03. The molecule has 6 atom stereocenters. The van der Waals surface area contributed by atoms with Crippen molar-refractivity contribution in [3.63, 3.8) is 0 Å². The smallest absolute Gasteiger partial charge is 0.255 e. The molecule has 0 aliphatic heterocycles. The van der Waals surface area contributed by atoms with Crippen molar-refractivity contribution in [2.75, 3.05) is 33.0 Å². The molecule has 0 aromatic heterocycles. The highest BCUT2D eigenvalue weighted by molar-refractivity contribution is 6.25. The van der Waals surface area contributed by atoms with Crippen LogP contribution in [0.4, 0.5) is 5.69 Å². The van der Waals surface area contributed by atoms with Crippen molar-refractivity contribution in [2.24, 2.45) is 17.6 Å². The van der Waals surface area contributed by atoms with E-state index in [9.17, 15) is 44.7 Å². The van der Waals surface area contributed by atoms with Gasteiger partial charge < -0.3 is 41.9 Å². The molecule has 38 heavy (non-hydrogen) atoms. The van der Waals surface area contributed by atoms with Crippen LogP contribution in [0.2, 0.25) is 0 Å². The van der Waals surface area contributed by atoms with Crippen molar-refractivity contribution < 1.29 is 44.7 Å². The van der Waals surface area contributed by atoms with E-state index in [2.05, 4.69) is 10.6 Å². The van der Waals surface area contributed by atoms with Crippen LogP contribution in [0.25, 0.3) is 0 Å². The third kappa shape index (κ3) is 3.50. The number of aliphatic hydroxyl groups excluding tert-OH is 3. The lowest BCUT2D eigenvalue weighted by Gasteiger charge is -2.53. The van der Waals surface area contributed by atoms with Crippen LogP contribution in [-0.2, 0) is 14.4 Å². The SMILES string of the molecule is CNC(=O)CNc1ccc2c(c1O)C(=O)C1=C(O)[C@@]3(O)C(=O)C(C(N)=O)=C(O)[C@@H](N(C)C)[C@H]3[C@H](O)[C@H]1[C@@H]2C. The van der Waals surface area contributed by atoms with Crippen molar-refractivity contribution in [2.45, 2.75) is 30.6 Å². The van der Waals surface area contributed by atoms with Crippen LogP contribution in [0.5, 0.6) is 5.75 Å². The number of aliphatic hydroxyl groups is 4. The third-order valence-corrected chi connectivity index (χ3v) is 7.85. The minimum Gasteiger partial charge on any atom is -0.510 e. The first-order valence-electron chi connectivity index (χ1n) is 11.8. The Morgan fingerprint density at radius 2 is 1.79 bits per heavy atom. The lowest BCUT2D eigenvalue weighted by molar-refractivity contribution is -0.162. The molecular formula is C25H30N4O9. The van der Waals surface area contributed by atoms with E-state index in [1.807, 2.05) is 0 Å². The fourth-order valence-corrected chi connectivity index (χ4v) is 6.03. The Morgan fingerprint density at radius 1 is 1.16 bits per heavy atom. The average Bonchev–Trinajstić information content (AvgIpc) is 2.84. The Hall–Kier alpha value is -3.94. The van der Waals surface area contributed by atoms with Crippen molar-refractivity contribution in [1.29, 1.82) is 0 Å². The van der Waals surface area contributed by atoms with Gasteiger partial charge >= 0.3 is 0 Å². The third-order valence-electron chi connectivity index (χ3n) is 7.85. The summed E-state index contributed by atoms with van der Waals surface area (Å²) in [6.45, 7) is 1.42. The van der Waals surface area contributed by atoms with Gasteiger partial charge in [0.1, 0.15) is 22.8 Å². The standard InChI is InChI=1S/C25H30N4O9/c1-8-9-5-6-10(28-7-11(30)27-2)18(31)13(9)19(32)14-12(8)20(33)16-17(29(3)4)21(34)15(24(26)37)23(36)25(16,38)22(14)35/h5-6,8,12,16-17,20,28,31,33-35,38H,7H2,1-4H3,(H2,26,37)(H,27,30)/t8-,12+,16+,17+,20-,25-/m1/s1. The van der Waals surface area contributed by atoms with E-state index in [0.29, 0.717) is 5.56 Å². The number of benzene rings is 1. The molecule has 0 saturated carbocycles. The predicted molar refractivity (Wildman–Crippen MR) is 132 cm³/mol. The summed E-state index contributed by atoms with van der Waals surface area (Å²) < 4.78 is 0. The van der Waals surface area contributed by atoms with Crippen molar-refractivity contribution in [3.05, 3.63) is 45.9 Å². The number of rotatable bonds is 5. The van der Waals surface area contributed by atoms with E-state index in [-0.39, 0.29) is 17.8 Å². The van der Waals surface area contributed by atoms with Gasteiger partial charge in [-0.05, 0) is 31.6 Å². The zero-order valence-corrected chi connectivity index (χ0v) is 21.1. The normalized spacial score (nSPS) is 30.6. The van der Waals surface area contributed by atoms with E-state index in [1.54, 1.807) is 6.92 Å². The number of carbonyl (C=O) groups is 4. The summed E-state index contributed by atoms with van der Waals surface area (Å²) in [4.78, 5) is 52.2. The summed E-state index contributed by atoms with van der Waals surface area (Å²) in [5, 5.41) is 61.5. The maximum Gasteiger partial charge on any atom is 0.255 e. The number of fused-ring (bicyclic) bond motifs is 3. The molecule has 13 nitrogen and oxygen atoms in total. The van der Waals surface area contributed by atoms with Gasteiger partial charge in [0.25, 0.3) is 5.91 Å². The van der Waals surface area contributed by atoms with Gasteiger partial charge in [-0.25, -0.2) is 0 Å². The van der Waals surface area contributed by atoms with Gasteiger partial charge in [0.2, 0.25) is 11.7 Å². The van der Waals surface area contributed by atoms with E-state index < -0.39 is 87.3 Å². The molecule has 1 aromatic carbocycles. The van der Waals surface area contributed by atoms with E-state index in [1.165, 1.54) is 38.2 Å². The highest BCUT2D eigenvalue weighted by Gasteiger charge is 2.67. The molecule has 9 N–H and O–H groups in total. The molecule has 3 aliphatic rings. The Balaban J connectivity index is 1.95. The molecule has 3 aliphatic carbocycles. The van der Waals surface area contributed by atoms with Crippen LogP contribution in [0.15, 0.2) is 34.8 Å². The number of Topliss-reactive ketones (excluding diaryl/α,β-unsaturated/α-hetero) is 2. The number of phenols is 1. The number of ketones is 2. The highest BCUT2D eigenvalue weighted by atomic mass is 16.4. The molecule has 2 amide bonds. The Morgan fingerprint density at radius 3 is 2.34 bits per heavy atom. The van der Waals surface area contributed by atoms with E-state index >= 15 is 0 Å². The molecule has 0 radical (unpaired) electrons. The second-order valence-electron chi connectivity index (χ2n) is 10.0. The number of nitrogens with two attached hydrogens (primary N) is 1. The zero-order valence-electron chi connectivity index (χ0n) is 21.1. The number of aromatic hydroxyl groups is 1. The van der Waals surface area contributed by atoms with Gasteiger partial charge in [0.15, 0.2) is 11.4 Å². The largest absolute Gasteiger partial charge is 0.510 e. The summed E-state index contributed by atoms with van der Waals surface area (Å²) in [5.41, 5.74) is 0.992. The number of nitrogens with zero attached hydrogens (tertiary/aromatic N) is 1. The number of hydrogen-bond donors (Lipinski definition) is 8. The lowest BCUT2D eigenvalue weighted by Crippen LogP contribution is -2.68. The minimum atomic E-state index is -2.98. The molecule has 4 rings (SSSR count). The van der Waals surface area contributed by atoms with Crippen LogP contribution >= 0.6 is 0 Å². The summed E-state index contributed by atoms with van der Waals surface area (Å²) in [7, 11) is 4.36. The van der Waals surface area contributed by atoms with E-state index in [4.69, 9.17) is 5.73 Å². The molecule has 0 heterocycles. The predicted octanol–water partition coefficient (Wildman–Crippen LogP) is -1.19. The molecule has 1 aromatic rings. The summed E-state index contributed by atoms with van der Waals surface area (Å²) in [5.74, 6) is -10.0.